The van der Waals surface area contributed by atoms with Gasteiger partial charge in [-0.05, 0) is 0 Å². The molecular formula is C9H8F3NO4S. The van der Waals surface area contributed by atoms with Crippen LogP contribution in [0.1, 0.15) is 6.42 Å². The summed E-state index contributed by atoms with van der Waals surface area (Å²) in [6.07, 6.45) is -0.552. The second-order valence-electron chi connectivity index (χ2n) is 3.24. The summed E-state index contributed by atoms with van der Waals surface area (Å²) in [4.78, 5) is 8.83. The molecule has 2 N–H and O–H groups in total. The Labute approximate surface area is 100 Å². The van der Waals surface area contributed by atoms with E-state index in [0.29, 0.717) is 0 Å². The number of carboxylic acid groups (broad SMARTS) is 1. The molecule has 0 amide bonds. The first-order chi connectivity index (χ1) is 8.24. The van der Waals surface area contributed by atoms with E-state index in [1.807, 2.05) is 0 Å². The van der Waals surface area contributed by atoms with Crippen molar-refractivity contribution in [3.63, 3.8) is 0 Å². The highest BCUT2D eigenvalue weighted by molar-refractivity contribution is 7.89. The van der Waals surface area contributed by atoms with E-state index in [1.165, 1.54) is 0 Å². The van der Waals surface area contributed by atoms with Crippen molar-refractivity contribution in [1.82, 2.24) is 4.72 Å². The van der Waals surface area contributed by atoms with Crippen LogP contribution in [-0.2, 0) is 14.8 Å². The van der Waals surface area contributed by atoms with Gasteiger partial charge in [0.15, 0.2) is 4.90 Å². The molecule has 0 spiro atoms. The zero-order valence-electron chi connectivity index (χ0n) is 8.78. The Morgan fingerprint density at radius 3 is 2.17 bits per heavy atom. The predicted octanol–water partition coefficient (Wildman–Crippen LogP) is 0.857. The van der Waals surface area contributed by atoms with Crippen molar-refractivity contribution in [3.05, 3.63) is 29.6 Å². The number of hydrogen-bond donors (Lipinski definition) is 2. The Morgan fingerprint density at radius 1 is 1.22 bits per heavy atom. The lowest BCUT2D eigenvalue weighted by molar-refractivity contribution is -0.136. The monoisotopic (exact) mass is 283 g/mol. The largest absolute Gasteiger partial charge is 0.481 e. The summed E-state index contributed by atoms with van der Waals surface area (Å²) in [6.45, 7) is -0.534. The van der Waals surface area contributed by atoms with E-state index < -0.39 is 51.3 Å². The van der Waals surface area contributed by atoms with Gasteiger partial charge < -0.3 is 5.11 Å². The van der Waals surface area contributed by atoms with E-state index in [1.54, 1.807) is 4.72 Å². The molecule has 0 radical (unpaired) electrons. The quantitative estimate of drug-likeness (QED) is 0.839. The molecule has 0 unspecified atom stereocenters. The first-order valence-corrected chi connectivity index (χ1v) is 6.08. The van der Waals surface area contributed by atoms with Gasteiger partial charge in [0.2, 0.25) is 10.0 Å². The van der Waals surface area contributed by atoms with Crippen molar-refractivity contribution in [2.24, 2.45) is 0 Å². The van der Waals surface area contributed by atoms with Crippen LogP contribution in [0.2, 0.25) is 0 Å². The Bertz CT molecular complexity index is 550. The van der Waals surface area contributed by atoms with Gasteiger partial charge in [0.25, 0.3) is 0 Å². The molecule has 0 fully saturated rings. The maximum absolute atomic E-state index is 13.2. The highest BCUT2D eigenvalue weighted by atomic mass is 32.2. The van der Waals surface area contributed by atoms with Gasteiger partial charge in [-0.2, -0.15) is 0 Å². The number of carboxylic acids is 1. The maximum atomic E-state index is 13.2. The third kappa shape index (κ3) is 3.44. The third-order valence-corrected chi connectivity index (χ3v) is 3.37. The number of hydrogen-bond acceptors (Lipinski definition) is 3. The Hall–Kier alpha value is -1.61. The third-order valence-electron chi connectivity index (χ3n) is 1.86. The average molecular weight is 283 g/mol. The van der Waals surface area contributed by atoms with Gasteiger partial charge >= 0.3 is 5.97 Å². The van der Waals surface area contributed by atoms with Crippen molar-refractivity contribution in [3.8, 4) is 0 Å². The number of nitrogens with one attached hydrogen (secondary N) is 1. The van der Waals surface area contributed by atoms with E-state index in [-0.39, 0.29) is 12.1 Å². The van der Waals surface area contributed by atoms with Crippen LogP contribution in [0.5, 0.6) is 0 Å². The lowest BCUT2D eigenvalue weighted by atomic mass is 10.3. The highest BCUT2D eigenvalue weighted by Crippen LogP contribution is 2.19. The second kappa shape index (κ2) is 5.36. The fraction of sp³-hybridized carbons (Fsp3) is 0.222. The Balaban J connectivity index is 3.02. The van der Waals surface area contributed by atoms with Gasteiger partial charge in [-0.25, -0.2) is 26.3 Å². The number of benzene rings is 1. The lowest BCUT2D eigenvalue weighted by Crippen LogP contribution is -2.28. The van der Waals surface area contributed by atoms with E-state index in [9.17, 15) is 26.4 Å². The zero-order chi connectivity index (χ0) is 13.9. The molecule has 0 aromatic heterocycles. The first-order valence-electron chi connectivity index (χ1n) is 4.60. The summed E-state index contributed by atoms with van der Waals surface area (Å²) in [6, 6.07) is 0.434. The number of carbonyl (C=O) groups is 1. The van der Waals surface area contributed by atoms with E-state index in [2.05, 4.69) is 0 Å². The van der Waals surface area contributed by atoms with Crippen LogP contribution >= 0.6 is 0 Å². The number of aliphatic carboxylic acids is 1. The molecule has 0 saturated carbocycles. The topological polar surface area (TPSA) is 83.5 Å². The molecule has 0 heterocycles. The molecule has 1 aromatic carbocycles. The minimum absolute atomic E-state index is 0.217. The average Bonchev–Trinajstić information content (AvgIpc) is 2.13. The summed E-state index contributed by atoms with van der Waals surface area (Å²) in [5.41, 5.74) is 0. The summed E-state index contributed by atoms with van der Waals surface area (Å²) in [7, 11) is -4.56. The summed E-state index contributed by atoms with van der Waals surface area (Å²) in [5, 5.41) is 8.29. The van der Waals surface area contributed by atoms with Crippen molar-refractivity contribution in [2.45, 2.75) is 11.3 Å². The van der Waals surface area contributed by atoms with E-state index >= 15 is 0 Å². The molecule has 0 aliphatic carbocycles. The van der Waals surface area contributed by atoms with Crippen LogP contribution in [-0.4, -0.2) is 26.0 Å². The molecule has 9 heteroatoms. The molecule has 0 aliphatic rings. The number of halogens is 3. The van der Waals surface area contributed by atoms with Crippen molar-refractivity contribution >= 4 is 16.0 Å². The van der Waals surface area contributed by atoms with Crippen molar-refractivity contribution in [1.29, 1.82) is 0 Å². The van der Waals surface area contributed by atoms with Gasteiger partial charge in [0, 0.05) is 18.7 Å². The van der Waals surface area contributed by atoms with Crippen LogP contribution in [0.4, 0.5) is 13.2 Å². The summed E-state index contributed by atoms with van der Waals surface area (Å²) in [5.74, 6) is -5.71. The summed E-state index contributed by atoms with van der Waals surface area (Å²) >= 11 is 0. The van der Waals surface area contributed by atoms with Gasteiger partial charge in [0.05, 0.1) is 6.42 Å². The maximum Gasteiger partial charge on any atom is 0.304 e. The zero-order valence-corrected chi connectivity index (χ0v) is 9.60. The highest BCUT2D eigenvalue weighted by Gasteiger charge is 2.24. The minimum atomic E-state index is -4.56. The van der Waals surface area contributed by atoms with Crippen LogP contribution in [0.25, 0.3) is 0 Å². The standard InChI is InChI=1S/C9H8F3NO4S/c10-5-3-6(11)9(7(12)4-5)18(16,17)13-2-1-8(14)15/h3-4,13H,1-2H2,(H,14,15). The molecular weight excluding hydrogens is 275 g/mol. The first kappa shape index (κ1) is 14.5. The minimum Gasteiger partial charge on any atom is -0.481 e. The van der Waals surface area contributed by atoms with Gasteiger partial charge in [-0.1, -0.05) is 0 Å². The molecule has 1 rings (SSSR count). The van der Waals surface area contributed by atoms with E-state index in [4.69, 9.17) is 5.11 Å². The van der Waals surface area contributed by atoms with Crippen molar-refractivity contribution < 1.29 is 31.5 Å². The second-order valence-corrected chi connectivity index (χ2v) is 4.94. The SMILES string of the molecule is O=C(O)CCNS(=O)(=O)c1c(F)cc(F)cc1F. The molecule has 0 bridgehead atoms. The molecule has 18 heavy (non-hydrogen) atoms. The van der Waals surface area contributed by atoms with Crippen molar-refractivity contribution in [2.75, 3.05) is 6.54 Å². The fourth-order valence-electron chi connectivity index (χ4n) is 1.15. The summed E-state index contributed by atoms with van der Waals surface area (Å²) < 4.78 is 63.6. The van der Waals surface area contributed by atoms with Gasteiger partial charge in [-0.3, -0.25) is 4.79 Å². The molecule has 0 aliphatic heterocycles. The van der Waals surface area contributed by atoms with Gasteiger partial charge in [0.1, 0.15) is 17.5 Å². The van der Waals surface area contributed by atoms with Crippen LogP contribution in [0.15, 0.2) is 17.0 Å². The fourth-order valence-corrected chi connectivity index (χ4v) is 2.30. The lowest BCUT2D eigenvalue weighted by Gasteiger charge is -2.07. The molecule has 0 saturated heterocycles. The number of rotatable bonds is 5. The Morgan fingerprint density at radius 2 is 1.72 bits per heavy atom. The molecule has 5 nitrogen and oxygen atoms in total. The van der Waals surface area contributed by atoms with Crippen LogP contribution in [0, 0.1) is 17.5 Å². The normalized spacial score (nSPS) is 11.5. The number of sulfonamides is 1. The van der Waals surface area contributed by atoms with Gasteiger partial charge in [-0.15, -0.1) is 0 Å². The molecule has 1 aromatic rings. The van der Waals surface area contributed by atoms with Crippen LogP contribution < -0.4 is 4.72 Å². The Kier molecular flexibility index (Phi) is 4.30. The molecule has 0 atom stereocenters. The van der Waals surface area contributed by atoms with E-state index in [0.717, 1.165) is 0 Å². The smallest absolute Gasteiger partial charge is 0.304 e. The predicted molar refractivity (Wildman–Crippen MR) is 53.8 cm³/mol. The van der Waals surface area contributed by atoms with Crippen LogP contribution in [0.3, 0.4) is 0 Å². The molecule has 100 valence electrons.